The molecule has 0 spiro atoms. The normalized spacial score (nSPS) is 12.9. The first-order chi connectivity index (χ1) is 14.0. The number of nitrogens with two attached hydrogens (primary N) is 1. The van der Waals surface area contributed by atoms with Crippen LogP contribution in [0, 0.1) is 5.92 Å². The molecule has 2 amide bonds. The van der Waals surface area contributed by atoms with Gasteiger partial charge in [0.05, 0.1) is 11.6 Å². The van der Waals surface area contributed by atoms with Crippen molar-refractivity contribution in [3.63, 3.8) is 0 Å². The van der Waals surface area contributed by atoms with Crippen molar-refractivity contribution in [1.82, 2.24) is 25.6 Å². The summed E-state index contributed by atoms with van der Waals surface area (Å²) in [6, 6.07) is 1.93. The van der Waals surface area contributed by atoms with Gasteiger partial charge in [-0.25, -0.2) is 14.1 Å². The van der Waals surface area contributed by atoms with E-state index in [1.807, 2.05) is 0 Å². The predicted octanol–water partition coefficient (Wildman–Crippen LogP) is 2.03. The summed E-state index contributed by atoms with van der Waals surface area (Å²) in [7, 11) is 0. The molecule has 30 heavy (non-hydrogen) atoms. The Hall–Kier alpha value is -3.28. The number of hydrogen-bond acceptors (Lipinski definition) is 5. The molecule has 1 atom stereocenters. The standard InChI is InChI=1S/C18H20F4N6O2/c1-10(2)15(23)17(30)26-25-14(29)3-4-28-9-24-16(27-28)12-5-11(8-19)6-13(7-12)18(20,21)22/h3-7,9-10,15H,8,23H2,1-2H3,(H,25,29)(H,26,30)/b4-3-/t15-/m0/s1. The van der Waals surface area contributed by atoms with Crippen LogP contribution in [0.4, 0.5) is 17.6 Å². The molecule has 0 radical (unpaired) electrons. The monoisotopic (exact) mass is 428 g/mol. The SMILES string of the molecule is CC(C)[C@H](N)C(=O)NNC(=O)/C=C\n1cnc(-c2cc(CF)cc(C(F)(F)F)c2)n1. The quantitative estimate of drug-likeness (QED) is 0.370. The van der Waals surface area contributed by atoms with Gasteiger partial charge in [-0.15, -0.1) is 5.10 Å². The highest BCUT2D eigenvalue weighted by molar-refractivity contribution is 5.92. The highest BCUT2D eigenvalue weighted by atomic mass is 19.4. The van der Waals surface area contributed by atoms with E-state index in [0.29, 0.717) is 6.07 Å². The van der Waals surface area contributed by atoms with Crippen molar-refractivity contribution in [2.75, 3.05) is 0 Å². The third kappa shape index (κ3) is 6.11. The Balaban J connectivity index is 2.08. The van der Waals surface area contributed by atoms with Crippen LogP contribution in [0.2, 0.25) is 0 Å². The molecule has 0 aliphatic rings. The topological polar surface area (TPSA) is 115 Å². The fourth-order valence-electron chi connectivity index (χ4n) is 2.24. The number of amides is 2. The first kappa shape index (κ1) is 23.0. The van der Waals surface area contributed by atoms with E-state index in [-0.39, 0.29) is 22.9 Å². The van der Waals surface area contributed by atoms with Crippen LogP contribution >= 0.6 is 0 Å². The van der Waals surface area contributed by atoms with E-state index < -0.39 is 36.3 Å². The van der Waals surface area contributed by atoms with Gasteiger partial charge in [0.2, 0.25) is 0 Å². The van der Waals surface area contributed by atoms with Crippen LogP contribution in [-0.4, -0.2) is 32.6 Å². The van der Waals surface area contributed by atoms with Crippen LogP contribution in [-0.2, 0) is 22.4 Å². The second-order valence-corrected chi connectivity index (χ2v) is 6.66. The van der Waals surface area contributed by atoms with Crippen molar-refractivity contribution < 1.29 is 27.2 Å². The van der Waals surface area contributed by atoms with Gasteiger partial charge in [-0.1, -0.05) is 13.8 Å². The summed E-state index contributed by atoms with van der Waals surface area (Å²) in [6.07, 6.45) is -1.31. The summed E-state index contributed by atoms with van der Waals surface area (Å²) in [4.78, 5) is 27.3. The maximum Gasteiger partial charge on any atom is 0.416 e. The molecule has 1 aromatic carbocycles. The van der Waals surface area contributed by atoms with E-state index in [2.05, 4.69) is 20.9 Å². The summed E-state index contributed by atoms with van der Waals surface area (Å²) in [5.41, 5.74) is 8.72. The van der Waals surface area contributed by atoms with Crippen LogP contribution in [0.25, 0.3) is 17.6 Å². The van der Waals surface area contributed by atoms with Crippen LogP contribution in [0.3, 0.4) is 0 Å². The van der Waals surface area contributed by atoms with E-state index in [0.717, 1.165) is 23.2 Å². The maximum absolute atomic E-state index is 13.0. The molecule has 4 N–H and O–H groups in total. The van der Waals surface area contributed by atoms with Crippen molar-refractivity contribution in [2.45, 2.75) is 32.7 Å². The molecule has 1 aromatic heterocycles. The molecule has 0 unspecified atom stereocenters. The van der Waals surface area contributed by atoms with Crippen LogP contribution in [0.1, 0.15) is 25.0 Å². The molecule has 0 bridgehead atoms. The fourth-order valence-corrected chi connectivity index (χ4v) is 2.24. The number of hydrogen-bond donors (Lipinski definition) is 3. The number of halogens is 4. The number of alkyl halides is 4. The molecule has 0 saturated carbocycles. The Morgan fingerprint density at radius 1 is 1.23 bits per heavy atom. The lowest BCUT2D eigenvalue weighted by atomic mass is 10.1. The highest BCUT2D eigenvalue weighted by Gasteiger charge is 2.31. The number of aromatic nitrogens is 3. The third-order valence-corrected chi connectivity index (χ3v) is 3.95. The lowest BCUT2D eigenvalue weighted by Crippen LogP contribution is -2.50. The summed E-state index contributed by atoms with van der Waals surface area (Å²) in [5, 5.41) is 3.94. The first-order valence-electron chi connectivity index (χ1n) is 8.73. The van der Waals surface area contributed by atoms with Gasteiger partial charge < -0.3 is 5.73 Å². The van der Waals surface area contributed by atoms with Crippen molar-refractivity contribution >= 4 is 18.0 Å². The van der Waals surface area contributed by atoms with Gasteiger partial charge in [0.1, 0.15) is 13.0 Å². The van der Waals surface area contributed by atoms with Crippen LogP contribution < -0.4 is 16.6 Å². The van der Waals surface area contributed by atoms with E-state index in [9.17, 15) is 27.2 Å². The van der Waals surface area contributed by atoms with Crippen molar-refractivity contribution in [2.24, 2.45) is 11.7 Å². The molecule has 2 rings (SSSR count). The van der Waals surface area contributed by atoms with Gasteiger partial charge in [0.25, 0.3) is 11.8 Å². The van der Waals surface area contributed by atoms with Gasteiger partial charge >= 0.3 is 6.18 Å². The Kier molecular flexibility index (Phi) is 7.27. The van der Waals surface area contributed by atoms with Crippen molar-refractivity contribution in [3.8, 4) is 11.4 Å². The van der Waals surface area contributed by atoms with Crippen molar-refractivity contribution in [3.05, 3.63) is 41.7 Å². The molecule has 0 saturated heterocycles. The Labute approximate surface area is 169 Å². The van der Waals surface area contributed by atoms with Crippen LogP contribution in [0.5, 0.6) is 0 Å². The Bertz CT molecular complexity index is 939. The van der Waals surface area contributed by atoms with E-state index in [1.54, 1.807) is 13.8 Å². The second kappa shape index (κ2) is 9.48. The second-order valence-electron chi connectivity index (χ2n) is 6.66. The molecular weight excluding hydrogens is 408 g/mol. The predicted molar refractivity (Wildman–Crippen MR) is 99.7 cm³/mol. The fraction of sp³-hybridized carbons (Fsp3) is 0.333. The molecule has 0 aliphatic carbocycles. The highest BCUT2D eigenvalue weighted by Crippen LogP contribution is 2.32. The number of carbonyl (C=O) groups excluding carboxylic acids is 2. The molecule has 0 fully saturated rings. The van der Waals surface area contributed by atoms with E-state index in [1.165, 1.54) is 12.3 Å². The Morgan fingerprint density at radius 3 is 2.53 bits per heavy atom. The average molecular weight is 428 g/mol. The number of benzene rings is 1. The van der Waals surface area contributed by atoms with Gasteiger partial charge in [-0.05, 0) is 29.7 Å². The van der Waals surface area contributed by atoms with Gasteiger partial charge in [-0.3, -0.25) is 20.4 Å². The molecule has 0 aliphatic heterocycles. The zero-order chi connectivity index (χ0) is 22.5. The lowest BCUT2D eigenvalue weighted by molar-refractivity contribution is -0.137. The molecule has 1 heterocycles. The smallest absolute Gasteiger partial charge is 0.320 e. The summed E-state index contributed by atoms with van der Waals surface area (Å²) >= 11 is 0. The average Bonchev–Trinajstić information content (AvgIpc) is 3.17. The number of hydrazine groups is 1. The van der Waals surface area contributed by atoms with Gasteiger partial charge in [0.15, 0.2) is 5.82 Å². The van der Waals surface area contributed by atoms with E-state index in [4.69, 9.17) is 5.73 Å². The lowest BCUT2D eigenvalue weighted by Gasteiger charge is -2.14. The number of nitrogens with one attached hydrogen (secondary N) is 2. The van der Waals surface area contributed by atoms with Crippen LogP contribution in [0.15, 0.2) is 30.6 Å². The maximum atomic E-state index is 13.0. The minimum absolute atomic E-state index is 0.0241. The molecular formula is C18H20F4N6O2. The molecule has 12 heteroatoms. The molecule has 8 nitrogen and oxygen atoms in total. The van der Waals surface area contributed by atoms with Crippen molar-refractivity contribution in [1.29, 1.82) is 0 Å². The number of carbonyl (C=O) groups is 2. The summed E-state index contributed by atoms with van der Waals surface area (Å²) in [6.45, 7) is 2.41. The molecule has 162 valence electrons. The number of rotatable bonds is 6. The largest absolute Gasteiger partial charge is 0.416 e. The van der Waals surface area contributed by atoms with Gasteiger partial charge in [-0.2, -0.15) is 13.2 Å². The van der Waals surface area contributed by atoms with Gasteiger partial charge in [0, 0.05) is 17.8 Å². The summed E-state index contributed by atoms with van der Waals surface area (Å²) in [5.74, 6) is -1.48. The minimum atomic E-state index is -4.65. The zero-order valence-corrected chi connectivity index (χ0v) is 16.1. The number of nitrogens with zero attached hydrogens (tertiary/aromatic N) is 3. The molecule has 2 aromatic rings. The first-order valence-corrected chi connectivity index (χ1v) is 8.73. The minimum Gasteiger partial charge on any atom is -0.320 e. The zero-order valence-electron chi connectivity index (χ0n) is 16.1. The summed E-state index contributed by atoms with van der Waals surface area (Å²) < 4.78 is 52.9. The third-order valence-electron chi connectivity index (χ3n) is 3.95. The Morgan fingerprint density at radius 2 is 1.93 bits per heavy atom. The van der Waals surface area contributed by atoms with E-state index >= 15 is 0 Å².